The van der Waals surface area contributed by atoms with Crippen LogP contribution in [-0.4, -0.2) is 24.2 Å². The first kappa shape index (κ1) is 15.4. The fourth-order valence-electron chi connectivity index (χ4n) is 1.36. The number of esters is 1. The monoisotopic (exact) mass is 246 g/mol. The van der Waals surface area contributed by atoms with Gasteiger partial charge in [0.25, 0.3) is 0 Å². The molecule has 0 spiro atoms. The first-order chi connectivity index (χ1) is 7.31. The molecular weight excluding hydrogens is 224 g/mol. The Morgan fingerprint density at radius 1 is 1.19 bits per heavy atom. The second-order valence-corrected chi connectivity index (χ2v) is 5.22. The number of rotatable bonds is 5. The normalized spacial score (nSPS) is 13.1. The van der Waals surface area contributed by atoms with Crippen LogP contribution in [0.15, 0.2) is 0 Å². The zero-order chi connectivity index (χ0) is 12.8. The van der Waals surface area contributed by atoms with Gasteiger partial charge in [0.05, 0.1) is 13.2 Å². The fourth-order valence-corrected chi connectivity index (χ4v) is 1.66. The summed E-state index contributed by atoms with van der Waals surface area (Å²) in [7, 11) is 0. The summed E-state index contributed by atoms with van der Waals surface area (Å²) in [4.78, 5) is 11.7. The van der Waals surface area contributed by atoms with Gasteiger partial charge in [-0.1, -0.05) is 20.8 Å². The van der Waals surface area contributed by atoms with Gasteiger partial charge < -0.3 is 9.47 Å². The Bertz CT molecular complexity index is 225. The Morgan fingerprint density at radius 3 is 2.06 bits per heavy atom. The molecule has 0 saturated carbocycles. The standard InChI is InChI=1S/C12H22O3S/c1-6-14-10(13)9(8-12(3,4)5)11(16)15-7-2/h9H,6-8H2,1-5H3. The van der Waals surface area contributed by atoms with Crippen molar-refractivity contribution in [2.24, 2.45) is 11.3 Å². The maximum Gasteiger partial charge on any atom is 0.317 e. The molecule has 0 bridgehead atoms. The molecule has 3 nitrogen and oxygen atoms in total. The number of carbonyl (C=O) groups is 1. The summed E-state index contributed by atoms with van der Waals surface area (Å²) in [6.07, 6.45) is 0.644. The fraction of sp³-hybridized carbons (Fsp3) is 0.833. The highest BCUT2D eigenvalue weighted by Gasteiger charge is 2.30. The summed E-state index contributed by atoms with van der Waals surface area (Å²) in [5.74, 6) is -0.717. The predicted molar refractivity (Wildman–Crippen MR) is 68.4 cm³/mol. The summed E-state index contributed by atoms with van der Waals surface area (Å²) < 4.78 is 10.3. The molecule has 94 valence electrons. The van der Waals surface area contributed by atoms with Crippen LogP contribution in [0, 0.1) is 11.3 Å². The summed E-state index contributed by atoms with van der Waals surface area (Å²) in [5, 5.41) is 0.343. The maximum atomic E-state index is 11.7. The minimum Gasteiger partial charge on any atom is -0.486 e. The van der Waals surface area contributed by atoms with E-state index in [-0.39, 0.29) is 11.4 Å². The smallest absolute Gasteiger partial charge is 0.317 e. The van der Waals surface area contributed by atoms with Gasteiger partial charge in [-0.25, -0.2) is 0 Å². The van der Waals surface area contributed by atoms with Crippen molar-refractivity contribution < 1.29 is 14.3 Å². The number of hydrogen-bond acceptors (Lipinski definition) is 4. The minimum absolute atomic E-state index is 0.0125. The van der Waals surface area contributed by atoms with Gasteiger partial charge in [-0.3, -0.25) is 4.79 Å². The Labute approximate surface area is 104 Å². The van der Waals surface area contributed by atoms with Crippen molar-refractivity contribution in [2.75, 3.05) is 13.2 Å². The number of hydrogen-bond donors (Lipinski definition) is 0. The van der Waals surface area contributed by atoms with Crippen molar-refractivity contribution >= 4 is 23.2 Å². The van der Waals surface area contributed by atoms with Crippen LogP contribution < -0.4 is 0 Å². The van der Waals surface area contributed by atoms with Gasteiger partial charge in [0.15, 0.2) is 5.05 Å². The highest BCUT2D eigenvalue weighted by Crippen LogP contribution is 2.26. The van der Waals surface area contributed by atoms with E-state index in [9.17, 15) is 4.79 Å². The van der Waals surface area contributed by atoms with Gasteiger partial charge in [0, 0.05) is 0 Å². The summed E-state index contributed by atoms with van der Waals surface area (Å²) in [5.41, 5.74) is 0.0125. The molecule has 0 aliphatic heterocycles. The van der Waals surface area contributed by atoms with E-state index in [1.54, 1.807) is 6.92 Å². The highest BCUT2D eigenvalue weighted by molar-refractivity contribution is 7.80. The average Bonchev–Trinajstić information content (AvgIpc) is 2.13. The van der Waals surface area contributed by atoms with Crippen LogP contribution in [0.4, 0.5) is 0 Å². The highest BCUT2D eigenvalue weighted by atomic mass is 32.1. The second-order valence-electron chi connectivity index (χ2n) is 4.82. The van der Waals surface area contributed by atoms with E-state index in [1.807, 2.05) is 6.92 Å². The largest absolute Gasteiger partial charge is 0.486 e. The Kier molecular flexibility index (Phi) is 6.56. The molecule has 1 unspecified atom stereocenters. The lowest BCUT2D eigenvalue weighted by molar-refractivity contribution is -0.146. The van der Waals surface area contributed by atoms with Crippen LogP contribution >= 0.6 is 12.2 Å². The van der Waals surface area contributed by atoms with E-state index < -0.39 is 5.92 Å². The van der Waals surface area contributed by atoms with Crippen LogP contribution in [0.3, 0.4) is 0 Å². The van der Waals surface area contributed by atoms with Crippen LogP contribution in [-0.2, 0) is 14.3 Å². The average molecular weight is 246 g/mol. The third kappa shape index (κ3) is 6.05. The molecule has 0 amide bonds. The quantitative estimate of drug-likeness (QED) is 0.552. The topological polar surface area (TPSA) is 35.5 Å². The van der Waals surface area contributed by atoms with Gasteiger partial charge in [0.1, 0.15) is 5.92 Å². The van der Waals surface area contributed by atoms with Crippen molar-refractivity contribution in [3.05, 3.63) is 0 Å². The van der Waals surface area contributed by atoms with E-state index in [4.69, 9.17) is 21.7 Å². The van der Waals surface area contributed by atoms with Gasteiger partial charge in [-0.05, 0) is 37.9 Å². The van der Waals surface area contributed by atoms with E-state index in [0.717, 1.165) is 0 Å². The van der Waals surface area contributed by atoms with Crippen molar-refractivity contribution in [1.29, 1.82) is 0 Å². The molecule has 0 aromatic heterocycles. The number of ether oxygens (including phenoxy) is 2. The van der Waals surface area contributed by atoms with E-state index in [1.165, 1.54) is 0 Å². The first-order valence-electron chi connectivity index (χ1n) is 5.65. The van der Waals surface area contributed by atoms with Crippen LogP contribution in [0.5, 0.6) is 0 Å². The van der Waals surface area contributed by atoms with E-state index in [0.29, 0.717) is 24.7 Å². The predicted octanol–water partition coefficient (Wildman–Crippen LogP) is 2.97. The Hall–Kier alpha value is -0.640. The summed E-state index contributed by atoms with van der Waals surface area (Å²) in [6, 6.07) is 0. The number of thiocarbonyl (C=S) groups is 1. The lowest BCUT2D eigenvalue weighted by Crippen LogP contribution is -2.30. The molecule has 0 aromatic carbocycles. The van der Waals surface area contributed by atoms with Crippen LogP contribution in [0.25, 0.3) is 0 Å². The molecule has 0 fully saturated rings. The number of carbonyl (C=O) groups excluding carboxylic acids is 1. The summed E-state index contributed by atoms with van der Waals surface area (Å²) >= 11 is 5.11. The molecule has 0 heterocycles. The lowest BCUT2D eigenvalue weighted by atomic mass is 9.85. The van der Waals surface area contributed by atoms with Gasteiger partial charge >= 0.3 is 5.97 Å². The zero-order valence-electron chi connectivity index (χ0n) is 10.8. The van der Waals surface area contributed by atoms with Gasteiger partial charge in [-0.15, -0.1) is 0 Å². The first-order valence-corrected chi connectivity index (χ1v) is 6.06. The zero-order valence-corrected chi connectivity index (χ0v) is 11.6. The molecule has 16 heavy (non-hydrogen) atoms. The van der Waals surface area contributed by atoms with Crippen molar-refractivity contribution in [2.45, 2.75) is 41.0 Å². The van der Waals surface area contributed by atoms with Crippen LogP contribution in [0.1, 0.15) is 41.0 Å². The molecule has 1 atom stereocenters. The van der Waals surface area contributed by atoms with E-state index >= 15 is 0 Å². The lowest BCUT2D eigenvalue weighted by Gasteiger charge is -2.24. The third-order valence-electron chi connectivity index (χ3n) is 1.96. The molecule has 0 rings (SSSR count). The third-order valence-corrected chi connectivity index (χ3v) is 2.36. The Morgan fingerprint density at radius 2 is 1.69 bits per heavy atom. The molecule has 0 radical (unpaired) electrons. The maximum absolute atomic E-state index is 11.7. The van der Waals surface area contributed by atoms with Crippen molar-refractivity contribution in [3.63, 3.8) is 0 Å². The summed E-state index contributed by atoms with van der Waals surface area (Å²) in [6.45, 7) is 10.7. The molecule has 0 aliphatic rings. The van der Waals surface area contributed by atoms with Gasteiger partial charge in [0.2, 0.25) is 0 Å². The SMILES string of the molecule is CCOC(=O)C(CC(C)(C)C)C(=S)OCC. The van der Waals surface area contributed by atoms with Gasteiger partial charge in [-0.2, -0.15) is 0 Å². The molecule has 0 saturated heterocycles. The van der Waals surface area contributed by atoms with Crippen molar-refractivity contribution in [3.8, 4) is 0 Å². The minimum atomic E-state index is -0.435. The molecule has 0 aromatic rings. The molecular formula is C12H22O3S. The Balaban J connectivity index is 4.62. The molecule has 4 heteroatoms. The van der Waals surface area contributed by atoms with E-state index in [2.05, 4.69) is 20.8 Å². The molecule has 0 aliphatic carbocycles. The molecule has 0 N–H and O–H groups in total. The van der Waals surface area contributed by atoms with Crippen LogP contribution in [0.2, 0.25) is 0 Å². The second kappa shape index (κ2) is 6.84. The van der Waals surface area contributed by atoms with Crippen molar-refractivity contribution in [1.82, 2.24) is 0 Å².